The van der Waals surface area contributed by atoms with Crippen molar-refractivity contribution < 1.29 is 14.3 Å². The van der Waals surface area contributed by atoms with Crippen molar-refractivity contribution in [1.82, 2.24) is 30.5 Å². The Balaban J connectivity index is 1.17. The molecule has 1 saturated heterocycles. The lowest BCUT2D eigenvalue weighted by molar-refractivity contribution is -0.130. The van der Waals surface area contributed by atoms with Gasteiger partial charge in [-0.3, -0.25) is 9.59 Å². The maximum Gasteiger partial charge on any atom is 0.247 e. The quantitative estimate of drug-likeness (QED) is 0.201. The molecule has 2 aliphatic rings. The molecule has 1 saturated carbocycles. The molecule has 2 fully saturated rings. The van der Waals surface area contributed by atoms with Crippen molar-refractivity contribution in [1.29, 1.82) is 0 Å². The van der Waals surface area contributed by atoms with Crippen molar-refractivity contribution in [2.75, 3.05) is 43.1 Å². The van der Waals surface area contributed by atoms with E-state index >= 15 is 0 Å². The van der Waals surface area contributed by atoms with Crippen LogP contribution in [-0.2, 0) is 20.7 Å². The first-order chi connectivity index (χ1) is 22.4. The van der Waals surface area contributed by atoms with Crippen LogP contribution >= 0.6 is 11.6 Å². The highest BCUT2D eigenvalue weighted by Gasteiger charge is 2.29. The van der Waals surface area contributed by atoms with Crippen molar-refractivity contribution >= 4 is 35.1 Å². The Labute approximate surface area is 272 Å². The molecule has 3 heterocycles. The van der Waals surface area contributed by atoms with E-state index in [2.05, 4.69) is 40.7 Å². The molecule has 2 aromatic heterocycles. The van der Waals surface area contributed by atoms with Gasteiger partial charge in [-0.15, -0.1) is 10.2 Å². The van der Waals surface area contributed by atoms with E-state index in [0.29, 0.717) is 49.6 Å². The summed E-state index contributed by atoms with van der Waals surface area (Å²) >= 11 is 5.87. The summed E-state index contributed by atoms with van der Waals surface area (Å²) in [7, 11) is 0. The van der Waals surface area contributed by atoms with Gasteiger partial charge in [0.15, 0.2) is 5.82 Å². The van der Waals surface area contributed by atoms with Crippen molar-refractivity contribution in [2.45, 2.75) is 38.1 Å². The first kappa shape index (κ1) is 31.6. The van der Waals surface area contributed by atoms with Gasteiger partial charge in [0.25, 0.3) is 0 Å². The minimum Gasteiger partial charge on any atom is -0.378 e. The molecule has 0 bridgehead atoms. The summed E-state index contributed by atoms with van der Waals surface area (Å²) in [4.78, 5) is 41.3. The average molecular weight is 644 g/mol. The summed E-state index contributed by atoms with van der Waals surface area (Å²) in [6.07, 6.45) is 7.32. The maximum absolute atomic E-state index is 13.7. The number of carbonyl (C=O) groups is 2. The second-order valence-corrected chi connectivity index (χ2v) is 12.2. The molecule has 6 rings (SSSR count). The fraction of sp³-hybridized carbons (Fsp3) is 0.394. The van der Waals surface area contributed by atoms with Crippen LogP contribution in [0.5, 0.6) is 0 Å². The Morgan fingerprint density at radius 3 is 2.39 bits per heavy atom. The minimum atomic E-state index is -0.789. The molecule has 2 amide bonds. The number of anilines is 2. The van der Waals surface area contributed by atoms with Crippen LogP contribution in [0.15, 0.2) is 60.9 Å². The molecular weight excluding hydrogens is 606 g/mol. The van der Waals surface area contributed by atoms with Crippen LogP contribution in [0.3, 0.4) is 0 Å². The van der Waals surface area contributed by atoms with Crippen LogP contribution in [0.25, 0.3) is 22.5 Å². The van der Waals surface area contributed by atoms with E-state index in [1.165, 1.54) is 0 Å². The molecule has 0 spiro atoms. The summed E-state index contributed by atoms with van der Waals surface area (Å²) in [6, 6.07) is 14.3. The molecular formula is C33H38ClN9O3. The third-order valence-corrected chi connectivity index (χ3v) is 8.87. The number of H-pyrrole nitrogens is 1. The molecule has 46 heavy (non-hydrogen) atoms. The maximum atomic E-state index is 13.7. The molecule has 2 aromatic carbocycles. The van der Waals surface area contributed by atoms with E-state index < -0.39 is 6.04 Å². The fourth-order valence-corrected chi connectivity index (χ4v) is 6.11. The lowest BCUT2D eigenvalue weighted by Crippen LogP contribution is -2.48. The zero-order valence-corrected chi connectivity index (χ0v) is 26.2. The van der Waals surface area contributed by atoms with Gasteiger partial charge in [0, 0.05) is 54.6 Å². The lowest BCUT2D eigenvalue weighted by Gasteiger charge is -2.28. The van der Waals surface area contributed by atoms with Crippen LogP contribution in [0, 0.1) is 11.8 Å². The average Bonchev–Trinajstić information content (AvgIpc) is 3.55. The van der Waals surface area contributed by atoms with Gasteiger partial charge in [-0.05, 0) is 85.1 Å². The zero-order valence-electron chi connectivity index (χ0n) is 25.5. The predicted octanol–water partition coefficient (Wildman–Crippen LogP) is 3.85. The zero-order chi connectivity index (χ0) is 31.9. The Bertz CT molecular complexity index is 1620. The molecule has 4 aromatic rings. The number of hydrogen-bond acceptors (Lipinski definition) is 9. The lowest BCUT2D eigenvalue weighted by atomic mass is 9.81. The molecule has 12 nitrogen and oxygen atoms in total. The Morgan fingerprint density at radius 2 is 1.72 bits per heavy atom. The van der Waals surface area contributed by atoms with Gasteiger partial charge >= 0.3 is 0 Å². The third-order valence-electron chi connectivity index (χ3n) is 8.70. The number of amides is 2. The molecule has 1 aliphatic heterocycles. The second kappa shape index (κ2) is 14.8. The van der Waals surface area contributed by atoms with E-state index in [0.717, 1.165) is 61.0 Å². The number of aromatic nitrogens is 5. The number of benzene rings is 2. The number of rotatable bonds is 10. The van der Waals surface area contributed by atoms with Crippen molar-refractivity contribution in [3.63, 3.8) is 0 Å². The number of carbonyl (C=O) groups excluding carboxylic acids is 2. The van der Waals surface area contributed by atoms with Gasteiger partial charge < -0.3 is 31.0 Å². The number of nitrogens with zero attached hydrogens (tertiary/aromatic N) is 5. The molecule has 1 atom stereocenters. The van der Waals surface area contributed by atoms with Crippen LogP contribution < -0.4 is 21.3 Å². The van der Waals surface area contributed by atoms with E-state index in [1.807, 2.05) is 48.8 Å². The van der Waals surface area contributed by atoms with E-state index in [4.69, 9.17) is 22.1 Å². The summed E-state index contributed by atoms with van der Waals surface area (Å²) in [5.41, 5.74) is 9.93. The summed E-state index contributed by atoms with van der Waals surface area (Å²) in [5.74, 6) is 1.12. The van der Waals surface area contributed by atoms with Crippen molar-refractivity contribution in [3.8, 4) is 22.5 Å². The van der Waals surface area contributed by atoms with Crippen LogP contribution in [0.1, 0.15) is 31.2 Å². The highest BCUT2D eigenvalue weighted by Crippen LogP contribution is 2.29. The number of halogens is 1. The number of morpholine rings is 1. The Morgan fingerprint density at radius 1 is 0.978 bits per heavy atom. The van der Waals surface area contributed by atoms with Crippen molar-refractivity contribution in [3.05, 3.63) is 71.8 Å². The van der Waals surface area contributed by atoms with Crippen LogP contribution in [-0.4, -0.2) is 75.9 Å². The van der Waals surface area contributed by atoms with Gasteiger partial charge in [-0.1, -0.05) is 24.3 Å². The fourth-order valence-electron chi connectivity index (χ4n) is 5.98. The van der Waals surface area contributed by atoms with Gasteiger partial charge in [-0.25, -0.2) is 9.97 Å². The van der Waals surface area contributed by atoms with E-state index in [9.17, 15) is 9.59 Å². The Kier molecular flexibility index (Phi) is 10.2. The highest BCUT2D eigenvalue weighted by atomic mass is 35.5. The second-order valence-electron chi connectivity index (χ2n) is 11.8. The normalized spacial score (nSPS) is 19.0. The summed E-state index contributed by atoms with van der Waals surface area (Å²) in [5, 5.41) is 14.0. The number of nitrogens with two attached hydrogens (primary N) is 1. The minimum absolute atomic E-state index is 0.101. The molecule has 5 N–H and O–H groups in total. The van der Waals surface area contributed by atoms with E-state index in [1.54, 1.807) is 12.1 Å². The van der Waals surface area contributed by atoms with Crippen LogP contribution in [0.2, 0.25) is 5.28 Å². The molecule has 1 aliphatic carbocycles. The predicted molar refractivity (Wildman–Crippen MR) is 176 cm³/mol. The number of ether oxygens (including phenoxy) is 1. The molecule has 13 heteroatoms. The molecule has 0 unspecified atom stereocenters. The number of nitrogens with one attached hydrogen (secondary N) is 3. The van der Waals surface area contributed by atoms with Gasteiger partial charge in [0.1, 0.15) is 6.04 Å². The van der Waals surface area contributed by atoms with Crippen molar-refractivity contribution in [2.24, 2.45) is 17.6 Å². The third kappa shape index (κ3) is 7.87. The monoisotopic (exact) mass is 643 g/mol. The first-order valence-electron chi connectivity index (χ1n) is 15.7. The van der Waals surface area contributed by atoms with Gasteiger partial charge in [0.05, 0.1) is 13.2 Å². The van der Waals surface area contributed by atoms with E-state index in [-0.39, 0.29) is 23.0 Å². The summed E-state index contributed by atoms with van der Waals surface area (Å²) in [6.45, 7) is 3.49. The van der Waals surface area contributed by atoms with Crippen LogP contribution in [0.4, 0.5) is 11.6 Å². The topological polar surface area (TPSA) is 164 Å². The Hall–Kier alpha value is -4.39. The molecule has 240 valence electrons. The SMILES string of the molecule is NCC1CCC(C(=O)N[C@@H](Cc2cccc(-c3cnc(N4CCOCC4)nc3)c2)C(=O)Nc2ccc(-c3nnc(Cl)[nH]3)cc2)CC1. The first-order valence-corrected chi connectivity index (χ1v) is 16.1. The number of hydrogen-bond donors (Lipinski definition) is 4. The molecule has 0 radical (unpaired) electrons. The number of aromatic amines is 1. The highest BCUT2D eigenvalue weighted by molar-refractivity contribution is 6.28. The standard InChI is InChI=1S/C33H38ClN9O3/c34-32-40-29(41-42-32)23-8-10-27(11-9-23)38-31(45)28(39-30(44)24-6-4-21(18-35)5-7-24)17-22-2-1-3-25(16-22)26-19-36-33(37-20-26)43-12-14-46-15-13-43/h1-3,8-11,16,19-21,24,28H,4-7,12-15,17-18,35H2,(H,38,45)(H,39,44)(H,40,41,42)/t21?,24?,28-/m0/s1. The smallest absolute Gasteiger partial charge is 0.247 e. The largest absolute Gasteiger partial charge is 0.378 e. The summed E-state index contributed by atoms with van der Waals surface area (Å²) < 4.78 is 5.43. The van der Waals surface area contributed by atoms with Gasteiger partial charge in [-0.2, -0.15) is 0 Å². The van der Waals surface area contributed by atoms with Gasteiger partial charge in [0.2, 0.25) is 23.0 Å².